The maximum Gasteiger partial charge on any atom is 0.524 e. The highest BCUT2D eigenvalue weighted by Crippen LogP contribution is 2.28. The normalized spacial score (nSPS) is 20.6. The number of quaternary nitrogens is 1. The first-order valence-corrected chi connectivity index (χ1v) is 12.2. The Morgan fingerprint density at radius 2 is 1.69 bits per heavy atom. The van der Waals surface area contributed by atoms with Gasteiger partial charge in [-0.2, -0.15) is 4.79 Å². The molecule has 35 heavy (non-hydrogen) atoms. The number of alkyl halides is 3. The Balaban J connectivity index is 2.24. The summed E-state index contributed by atoms with van der Waals surface area (Å²) in [6.07, 6.45) is -1.65. The van der Waals surface area contributed by atoms with Crippen molar-refractivity contribution >= 4 is 58.7 Å². The summed E-state index contributed by atoms with van der Waals surface area (Å²) in [5.41, 5.74) is -0.169. The number of nitrogens with one attached hydrogen (secondary N) is 1. The van der Waals surface area contributed by atoms with Crippen LogP contribution in [0.25, 0.3) is 0 Å². The van der Waals surface area contributed by atoms with E-state index in [1.165, 1.54) is 0 Å². The van der Waals surface area contributed by atoms with Crippen molar-refractivity contribution in [1.29, 1.82) is 0 Å². The smallest absolute Gasteiger partial charge is 0.461 e. The van der Waals surface area contributed by atoms with Crippen LogP contribution in [0.3, 0.4) is 0 Å². The van der Waals surface area contributed by atoms with Gasteiger partial charge in [0, 0.05) is 6.54 Å². The fourth-order valence-electron chi connectivity index (χ4n) is 3.50. The SMILES string of the molecule is CC(C)(C)OC(=O)[N@+]1(C(=O)CCC(=O)OCC(Cl)(Cl)Cl)CCNCC1C(=O)OCc1ccccc1. The zero-order valence-electron chi connectivity index (χ0n) is 19.9. The number of benzene rings is 1. The molecule has 2 atom stereocenters. The van der Waals surface area contributed by atoms with Gasteiger partial charge in [-0.05, 0) is 26.3 Å². The van der Waals surface area contributed by atoms with E-state index in [-0.39, 0.29) is 39.1 Å². The van der Waals surface area contributed by atoms with E-state index in [2.05, 4.69) is 5.32 Å². The summed E-state index contributed by atoms with van der Waals surface area (Å²) >= 11 is 16.7. The number of amides is 2. The first kappa shape index (κ1) is 29.3. The Bertz CT molecular complexity index is 916. The number of rotatable bonds is 7. The standard InChI is InChI=1S/C23H30Cl3N2O7/c1-22(2,3)35-21(32)28(18(29)9-10-19(30)34-15-23(24,25)26)12-11-27-13-17(28)20(31)33-14-16-7-5-4-6-8-16/h4-8,17,27H,9-15H2,1-3H3/q+1/t17?,28-/m1/s1. The van der Waals surface area contributed by atoms with Gasteiger partial charge in [0.15, 0.2) is 0 Å². The molecule has 12 heteroatoms. The van der Waals surface area contributed by atoms with Crippen LogP contribution in [0.4, 0.5) is 4.79 Å². The van der Waals surface area contributed by atoms with Crippen LogP contribution < -0.4 is 5.32 Å². The molecule has 1 aliphatic heterocycles. The number of esters is 2. The highest BCUT2D eigenvalue weighted by atomic mass is 35.6. The van der Waals surface area contributed by atoms with Crippen molar-refractivity contribution in [2.75, 3.05) is 26.2 Å². The van der Waals surface area contributed by atoms with Crippen LogP contribution in [-0.4, -0.2) is 70.1 Å². The topological polar surface area (TPSA) is 108 Å². The van der Waals surface area contributed by atoms with Crippen LogP contribution in [0.5, 0.6) is 0 Å². The summed E-state index contributed by atoms with van der Waals surface area (Å²) in [6.45, 7) is 4.68. The minimum atomic E-state index is -1.80. The number of hydrogen-bond acceptors (Lipinski definition) is 8. The van der Waals surface area contributed by atoms with Crippen molar-refractivity contribution in [3.63, 3.8) is 0 Å². The van der Waals surface area contributed by atoms with Gasteiger partial charge in [0.1, 0.15) is 25.4 Å². The van der Waals surface area contributed by atoms with Gasteiger partial charge < -0.3 is 19.5 Å². The summed E-state index contributed by atoms with van der Waals surface area (Å²) in [4.78, 5) is 52.1. The molecule has 1 aliphatic rings. The number of hydrogen-bond donors (Lipinski definition) is 1. The van der Waals surface area contributed by atoms with Crippen LogP contribution in [0.2, 0.25) is 0 Å². The third kappa shape index (κ3) is 8.91. The fourth-order valence-corrected chi connectivity index (χ4v) is 3.66. The number of halogens is 3. The van der Waals surface area contributed by atoms with Gasteiger partial charge in [0.05, 0.1) is 19.4 Å². The van der Waals surface area contributed by atoms with E-state index in [0.717, 1.165) is 5.56 Å². The molecule has 1 unspecified atom stereocenters. The van der Waals surface area contributed by atoms with E-state index in [4.69, 9.17) is 49.0 Å². The third-order valence-electron chi connectivity index (χ3n) is 5.11. The average Bonchev–Trinajstić information content (AvgIpc) is 2.78. The monoisotopic (exact) mass is 551 g/mol. The van der Waals surface area contributed by atoms with E-state index in [1.807, 2.05) is 6.07 Å². The molecule has 0 saturated carbocycles. The van der Waals surface area contributed by atoms with Crippen LogP contribution in [-0.2, 0) is 35.2 Å². The average molecular weight is 553 g/mol. The molecule has 1 aromatic carbocycles. The summed E-state index contributed by atoms with van der Waals surface area (Å²) in [5.74, 6) is -2.20. The second-order valence-corrected chi connectivity index (χ2v) is 11.6. The van der Waals surface area contributed by atoms with E-state index < -0.39 is 50.5 Å². The molecular formula is C23H30Cl3N2O7+. The number of carbonyl (C=O) groups excluding carboxylic acids is 4. The van der Waals surface area contributed by atoms with Crippen molar-refractivity contribution in [3.8, 4) is 0 Å². The summed E-state index contributed by atoms with van der Waals surface area (Å²) in [7, 11) is 0. The molecule has 0 spiro atoms. The largest absolute Gasteiger partial charge is 0.524 e. The Hall–Kier alpha value is -1.91. The van der Waals surface area contributed by atoms with E-state index >= 15 is 0 Å². The maximum absolute atomic E-state index is 13.5. The molecule has 1 heterocycles. The fraction of sp³-hybridized carbons (Fsp3) is 0.565. The Kier molecular flexibility index (Phi) is 10.4. The van der Waals surface area contributed by atoms with Gasteiger partial charge in [-0.25, -0.2) is 9.59 Å². The van der Waals surface area contributed by atoms with Crippen molar-refractivity contribution in [1.82, 2.24) is 5.32 Å². The molecule has 194 valence electrons. The van der Waals surface area contributed by atoms with Crippen LogP contribution >= 0.6 is 34.8 Å². The van der Waals surface area contributed by atoms with E-state index in [0.29, 0.717) is 0 Å². The third-order valence-corrected chi connectivity index (χ3v) is 5.44. The summed E-state index contributed by atoms with van der Waals surface area (Å²) in [6, 6.07) is 7.81. The number of imide groups is 1. The predicted molar refractivity (Wildman–Crippen MR) is 130 cm³/mol. The highest BCUT2D eigenvalue weighted by Gasteiger charge is 2.58. The van der Waals surface area contributed by atoms with Crippen LogP contribution in [0.15, 0.2) is 30.3 Å². The molecule has 0 aliphatic carbocycles. The van der Waals surface area contributed by atoms with E-state index in [9.17, 15) is 19.2 Å². The van der Waals surface area contributed by atoms with Crippen LogP contribution in [0, 0.1) is 0 Å². The van der Waals surface area contributed by atoms with Gasteiger partial charge in [-0.15, -0.1) is 4.48 Å². The lowest BCUT2D eigenvalue weighted by molar-refractivity contribution is -0.804. The minimum Gasteiger partial charge on any atom is -0.461 e. The minimum absolute atomic E-state index is 0.0102. The Morgan fingerprint density at radius 1 is 1.03 bits per heavy atom. The molecule has 0 bridgehead atoms. The molecule has 2 amide bonds. The summed E-state index contributed by atoms with van der Waals surface area (Å²) in [5, 5.41) is 3.03. The lowest BCUT2D eigenvalue weighted by atomic mass is 10.1. The van der Waals surface area contributed by atoms with E-state index in [1.54, 1.807) is 45.0 Å². The molecule has 1 N–H and O–H groups in total. The molecule has 0 radical (unpaired) electrons. The quantitative estimate of drug-likeness (QED) is 0.236. The highest BCUT2D eigenvalue weighted by molar-refractivity contribution is 6.67. The predicted octanol–water partition coefficient (Wildman–Crippen LogP) is 3.67. The zero-order chi connectivity index (χ0) is 26.3. The number of piperazine rings is 1. The molecule has 9 nitrogen and oxygen atoms in total. The molecule has 0 aromatic heterocycles. The molecule has 2 rings (SSSR count). The van der Waals surface area contributed by atoms with Crippen LogP contribution in [0.1, 0.15) is 39.2 Å². The van der Waals surface area contributed by atoms with Crippen molar-refractivity contribution in [3.05, 3.63) is 35.9 Å². The van der Waals surface area contributed by atoms with Gasteiger partial charge in [0.2, 0.25) is 9.83 Å². The van der Waals surface area contributed by atoms with Gasteiger partial charge in [-0.3, -0.25) is 4.79 Å². The van der Waals surface area contributed by atoms with Gasteiger partial charge in [-0.1, -0.05) is 65.1 Å². The van der Waals surface area contributed by atoms with Crippen molar-refractivity contribution in [2.24, 2.45) is 0 Å². The van der Waals surface area contributed by atoms with Gasteiger partial charge in [0.25, 0.3) is 0 Å². The summed E-state index contributed by atoms with van der Waals surface area (Å²) < 4.78 is 13.2. The second kappa shape index (κ2) is 12.4. The number of nitrogens with zero attached hydrogens (tertiary/aromatic N) is 1. The maximum atomic E-state index is 13.5. The van der Waals surface area contributed by atoms with Crippen molar-refractivity contribution < 1.29 is 37.9 Å². The first-order chi connectivity index (χ1) is 16.2. The number of carbonyl (C=O) groups is 4. The van der Waals surface area contributed by atoms with Gasteiger partial charge >= 0.3 is 23.9 Å². The first-order valence-electron chi connectivity index (χ1n) is 11.0. The Morgan fingerprint density at radius 3 is 2.29 bits per heavy atom. The lowest BCUT2D eigenvalue weighted by Gasteiger charge is -2.41. The molecule has 1 fully saturated rings. The second-order valence-electron chi connectivity index (χ2n) is 9.06. The zero-order valence-corrected chi connectivity index (χ0v) is 22.1. The lowest BCUT2D eigenvalue weighted by Crippen LogP contribution is -2.73. The van der Waals surface area contributed by atoms with Crippen molar-refractivity contribution in [2.45, 2.75) is 55.7 Å². The molecular weight excluding hydrogens is 523 g/mol. The Labute approximate surface area is 219 Å². The number of ether oxygens (including phenoxy) is 3. The molecule has 1 aromatic rings. The molecule has 1 saturated heterocycles.